The van der Waals surface area contributed by atoms with Crippen LogP contribution in [0.2, 0.25) is 0 Å². The second kappa shape index (κ2) is 220. The summed E-state index contributed by atoms with van der Waals surface area (Å²) >= 11 is 0. The van der Waals surface area contributed by atoms with Crippen LogP contribution in [0.3, 0.4) is 0 Å². The van der Waals surface area contributed by atoms with Crippen molar-refractivity contribution >= 4 is 120 Å². The largest absolute Gasteiger partial charge is 0.412 e. The summed E-state index contributed by atoms with van der Waals surface area (Å²) in [6.45, 7) is 0. The quantitative estimate of drug-likeness (QED) is 0.378. The van der Waals surface area contributed by atoms with Crippen molar-refractivity contribution in [2.75, 3.05) is 0 Å². The molecule has 0 unspecified atom stereocenters. The van der Waals surface area contributed by atoms with Gasteiger partial charge in [-0.1, -0.05) is 0 Å². The molecule has 0 bridgehead atoms. The molecule has 14 radical (unpaired) electrons. The second-order valence-electron chi connectivity index (χ2n) is 0. The Labute approximate surface area is 156 Å². The van der Waals surface area contributed by atoms with Crippen molar-refractivity contribution < 1.29 is 38.3 Å². The van der Waals surface area contributed by atoms with E-state index >= 15 is 0 Å². The van der Waals surface area contributed by atoms with Crippen LogP contribution in [0.15, 0.2) is 0 Å². The van der Waals surface area contributed by atoms with Crippen molar-refractivity contribution in [1.82, 2.24) is 0 Å². The topological polar surface area (TPSA) is 220 Å². The third-order valence-electron chi connectivity index (χ3n) is 0. The molecule has 0 fully saturated rings. The van der Waals surface area contributed by atoms with Crippen molar-refractivity contribution in [3.63, 3.8) is 0 Å². The van der Waals surface area contributed by atoms with Crippen molar-refractivity contribution in [1.29, 1.82) is 0 Å². The molecule has 0 aromatic rings. The van der Waals surface area contributed by atoms with Crippen LogP contribution in [0.5, 0.6) is 0 Å². The summed E-state index contributed by atoms with van der Waals surface area (Å²) in [5.74, 6) is 0. The van der Waals surface area contributed by atoms with E-state index in [1.807, 2.05) is 0 Å². The molecule has 12 heavy (non-hydrogen) atoms. The van der Waals surface area contributed by atoms with Crippen LogP contribution in [-0.2, 0) is 0 Å². The van der Waals surface area contributed by atoms with Gasteiger partial charge in [0.05, 0.1) is 0 Å². The van der Waals surface area contributed by atoms with E-state index in [0.717, 1.165) is 0 Å². The molecule has 0 amide bonds. The predicted molar refractivity (Wildman–Crippen MR) is 54.1 cm³/mol. The summed E-state index contributed by atoms with van der Waals surface area (Å²) in [7, 11) is 0. The third kappa shape index (κ3) is 176. The van der Waals surface area contributed by atoms with Gasteiger partial charge in [0.2, 0.25) is 0 Å². The maximum atomic E-state index is 0. The first-order chi connectivity index (χ1) is 0. The van der Waals surface area contributed by atoms with Gasteiger partial charge < -0.3 is 38.3 Å². The van der Waals surface area contributed by atoms with E-state index in [1.165, 1.54) is 0 Å². The van der Waals surface area contributed by atoms with Crippen molar-refractivity contribution in [3.8, 4) is 0 Å². The Balaban J connectivity index is 0. The van der Waals surface area contributed by atoms with Crippen LogP contribution in [-0.4, -0.2) is 159 Å². The maximum absolute atomic E-state index is 0. The number of hydrogen-bond donors (Lipinski definition) is 0. The molecule has 0 spiro atoms. The van der Waals surface area contributed by atoms with Gasteiger partial charge in [0.15, 0.2) is 0 Å². The van der Waals surface area contributed by atoms with Gasteiger partial charge in [-0.25, -0.2) is 0 Å². The fourth-order valence-electron chi connectivity index (χ4n) is 0. The summed E-state index contributed by atoms with van der Waals surface area (Å²) in [5.41, 5.74) is 0. The molecule has 0 aromatic carbocycles. The first-order valence-electron chi connectivity index (χ1n) is 0. The molecular formula is H14Ca2MgO7Si2. The minimum atomic E-state index is 0. The van der Waals surface area contributed by atoms with Crippen LogP contribution in [0, 0.1) is 0 Å². The zero-order valence-corrected chi connectivity index (χ0v) is 14.5. The van der Waals surface area contributed by atoms with Crippen LogP contribution in [0.25, 0.3) is 0 Å². The van der Waals surface area contributed by atoms with Gasteiger partial charge >= 0.3 is 0 Å². The Kier molecular flexibility index (Phi) is 5000. The summed E-state index contributed by atoms with van der Waals surface area (Å²) in [6.07, 6.45) is 0. The van der Waals surface area contributed by atoms with Crippen LogP contribution in [0.4, 0.5) is 0 Å². The summed E-state index contributed by atoms with van der Waals surface area (Å²) in [4.78, 5) is 0. The summed E-state index contributed by atoms with van der Waals surface area (Å²) < 4.78 is 0. The molecule has 0 saturated heterocycles. The fourth-order valence-corrected chi connectivity index (χ4v) is 0. The molecule has 7 nitrogen and oxygen atoms in total. The minimum Gasteiger partial charge on any atom is -0.412 e. The van der Waals surface area contributed by atoms with E-state index in [4.69, 9.17) is 0 Å². The van der Waals surface area contributed by atoms with Gasteiger partial charge in [-0.15, -0.1) is 0 Å². The van der Waals surface area contributed by atoms with E-state index in [0.29, 0.717) is 0 Å². The zero-order valence-electron chi connectivity index (χ0n) is 6.62. The van der Waals surface area contributed by atoms with E-state index < -0.39 is 0 Å². The van der Waals surface area contributed by atoms with Crippen molar-refractivity contribution in [3.05, 3.63) is 0 Å². The molecule has 0 saturated carbocycles. The monoisotopic (exact) mass is 286 g/mol. The smallest absolute Gasteiger partial charge is 0 e. The Bertz CT molecular complexity index is 19.4. The van der Waals surface area contributed by atoms with Gasteiger partial charge in [-0.05, 0) is 0 Å². The van der Waals surface area contributed by atoms with Gasteiger partial charge in [-0.3, -0.25) is 0 Å². The molecule has 0 aliphatic carbocycles. The van der Waals surface area contributed by atoms with Crippen molar-refractivity contribution in [2.45, 2.75) is 0 Å². The molecule has 0 aliphatic heterocycles. The molecule has 70 valence electrons. The van der Waals surface area contributed by atoms with Gasteiger partial charge in [0.1, 0.15) is 0 Å². The zero-order chi connectivity index (χ0) is 0. The third-order valence-corrected chi connectivity index (χ3v) is 0. The summed E-state index contributed by atoms with van der Waals surface area (Å²) in [5, 5.41) is 0. The molecule has 14 N–H and O–H groups in total. The van der Waals surface area contributed by atoms with Gasteiger partial charge in [0.25, 0.3) is 0 Å². The average Bonchev–Trinajstić information content (AvgIpc) is 0. The summed E-state index contributed by atoms with van der Waals surface area (Å²) in [6, 6.07) is 0. The molecule has 0 heterocycles. The molecule has 0 aromatic heterocycles. The normalized spacial score (nSPS) is 0. The number of rotatable bonds is 0. The molecule has 0 rings (SSSR count). The van der Waals surface area contributed by atoms with Crippen LogP contribution < -0.4 is 0 Å². The SMILES string of the molecule is O.O.O.O.O.O.O.[Ca].[Ca].[Mg].[Si].[Si]. The first-order valence-corrected chi connectivity index (χ1v) is 0. The standard InChI is InChI=1S/2Ca.Mg.7H2O.2Si/h;;;7*1H2;;. The first kappa shape index (κ1) is 272. The van der Waals surface area contributed by atoms with Crippen LogP contribution >= 0.6 is 0 Å². The second-order valence-corrected chi connectivity index (χ2v) is 0. The molecule has 0 aliphatic rings. The predicted octanol–water partition coefficient (Wildman–Crippen LogP) is -7.68. The van der Waals surface area contributed by atoms with Gasteiger partial charge in [-0.2, -0.15) is 0 Å². The maximum Gasteiger partial charge on any atom is 0 e. The molecular weight excluding hydrogens is 273 g/mol. The van der Waals surface area contributed by atoms with E-state index in [2.05, 4.69) is 0 Å². The van der Waals surface area contributed by atoms with E-state index in [9.17, 15) is 0 Å². The molecule has 12 heteroatoms. The minimum absolute atomic E-state index is 0. The Morgan fingerprint density at radius 1 is 0.333 bits per heavy atom. The Hall–Kier alpha value is 3.44. The Morgan fingerprint density at radius 3 is 0.333 bits per heavy atom. The fraction of sp³-hybridized carbons (Fsp3) is 0. The van der Waals surface area contributed by atoms with E-state index in [-0.39, 0.29) is 159 Å². The molecule has 0 atom stereocenters. The number of hydrogen-bond acceptors (Lipinski definition) is 0. The average molecular weight is 287 g/mol. The van der Waals surface area contributed by atoms with Crippen LogP contribution in [0.1, 0.15) is 0 Å². The van der Waals surface area contributed by atoms with Gasteiger partial charge in [0, 0.05) is 120 Å². The van der Waals surface area contributed by atoms with Crippen molar-refractivity contribution in [2.24, 2.45) is 0 Å². The Morgan fingerprint density at radius 2 is 0.333 bits per heavy atom. The van der Waals surface area contributed by atoms with E-state index in [1.54, 1.807) is 0 Å².